The molecule has 0 aromatic carbocycles. The highest BCUT2D eigenvalue weighted by Gasteiger charge is 2.62. The largest absolute Gasteiger partial charge is 0.377 e. The Hall–Kier alpha value is -0.0800. The molecular formula is C15H24O2. The molecule has 1 saturated carbocycles. The van der Waals surface area contributed by atoms with E-state index >= 15 is 0 Å². The smallest absolute Gasteiger partial charge is 0.0665 e. The van der Waals surface area contributed by atoms with Crippen LogP contribution < -0.4 is 0 Å². The summed E-state index contributed by atoms with van der Waals surface area (Å²) < 4.78 is 12.5. The van der Waals surface area contributed by atoms with Gasteiger partial charge in [0.15, 0.2) is 0 Å². The van der Waals surface area contributed by atoms with Gasteiger partial charge in [-0.15, -0.1) is 0 Å². The predicted molar refractivity (Wildman–Crippen MR) is 65.7 cm³/mol. The standard InChI is InChI=1S/C15H24O2/c1-8-9(2)14-12-11(13(8)17-14)7-16-15(12)10-5-3-4-6-10/h8-15H,3-7H2,1-2H3. The molecule has 4 fully saturated rings. The number of hydrogen-bond acceptors (Lipinski definition) is 2. The van der Waals surface area contributed by atoms with Crippen molar-refractivity contribution in [2.75, 3.05) is 6.61 Å². The zero-order valence-electron chi connectivity index (χ0n) is 11.0. The number of ether oxygens (including phenoxy) is 2. The number of rotatable bonds is 1. The summed E-state index contributed by atoms with van der Waals surface area (Å²) in [6, 6.07) is 0. The Bertz CT molecular complexity index is 310. The van der Waals surface area contributed by atoms with Crippen LogP contribution in [0.15, 0.2) is 0 Å². The third kappa shape index (κ3) is 1.34. The summed E-state index contributed by atoms with van der Waals surface area (Å²) in [7, 11) is 0. The van der Waals surface area contributed by atoms with E-state index in [0.717, 1.165) is 36.2 Å². The lowest BCUT2D eigenvalue weighted by atomic mass is 9.67. The minimum Gasteiger partial charge on any atom is -0.377 e. The SMILES string of the molecule is CC1C(C)C2OC1C1COC(C3CCCC3)C12. The maximum absolute atomic E-state index is 6.27. The third-order valence-corrected chi connectivity index (χ3v) is 6.20. The Morgan fingerprint density at radius 1 is 0.882 bits per heavy atom. The van der Waals surface area contributed by atoms with Crippen LogP contribution in [0.25, 0.3) is 0 Å². The summed E-state index contributed by atoms with van der Waals surface area (Å²) in [5, 5.41) is 0. The molecule has 4 aliphatic rings. The van der Waals surface area contributed by atoms with Gasteiger partial charge < -0.3 is 9.47 Å². The van der Waals surface area contributed by atoms with E-state index in [1.165, 1.54) is 25.7 Å². The quantitative estimate of drug-likeness (QED) is 0.697. The summed E-state index contributed by atoms with van der Waals surface area (Å²) in [6.45, 7) is 5.73. The maximum atomic E-state index is 6.27. The molecule has 0 aromatic heterocycles. The molecule has 17 heavy (non-hydrogen) atoms. The van der Waals surface area contributed by atoms with Gasteiger partial charge in [-0.1, -0.05) is 26.7 Å². The van der Waals surface area contributed by atoms with Crippen LogP contribution in [-0.4, -0.2) is 24.9 Å². The molecule has 2 bridgehead atoms. The topological polar surface area (TPSA) is 18.5 Å². The van der Waals surface area contributed by atoms with Crippen LogP contribution in [0.2, 0.25) is 0 Å². The molecule has 3 heterocycles. The molecule has 3 aliphatic heterocycles. The van der Waals surface area contributed by atoms with Crippen LogP contribution >= 0.6 is 0 Å². The van der Waals surface area contributed by atoms with Crippen LogP contribution in [0.1, 0.15) is 39.5 Å². The van der Waals surface area contributed by atoms with Crippen LogP contribution in [0, 0.1) is 29.6 Å². The Morgan fingerprint density at radius 2 is 1.59 bits per heavy atom. The lowest BCUT2D eigenvalue weighted by molar-refractivity contribution is -0.0189. The molecule has 0 radical (unpaired) electrons. The third-order valence-electron chi connectivity index (χ3n) is 6.20. The molecular weight excluding hydrogens is 212 g/mol. The van der Waals surface area contributed by atoms with E-state index in [9.17, 15) is 0 Å². The van der Waals surface area contributed by atoms with Gasteiger partial charge in [0.1, 0.15) is 0 Å². The van der Waals surface area contributed by atoms with Gasteiger partial charge in [-0.2, -0.15) is 0 Å². The summed E-state index contributed by atoms with van der Waals surface area (Å²) >= 11 is 0. The first-order valence-corrected chi connectivity index (χ1v) is 7.54. The fraction of sp³-hybridized carbons (Fsp3) is 1.00. The van der Waals surface area contributed by atoms with E-state index in [2.05, 4.69) is 13.8 Å². The first kappa shape index (κ1) is 10.8. The Kier molecular flexibility index (Phi) is 2.36. The van der Waals surface area contributed by atoms with Gasteiger partial charge in [0.25, 0.3) is 0 Å². The van der Waals surface area contributed by atoms with Gasteiger partial charge in [0, 0.05) is 11.8 Å². The van der Waals surface area contributed by atoms with Gasteiger partial charge in [-0.05, 0) is 30.6 Å². The van der Waals surface area contributed by atoms with E-state index in [-0.39, 0.29) is 0 Å². The molecule has 0 N–H and O–H groups in total. The monoisotopic (exact) mass is 236 g/mol. The van der Waals surface area contributed by atoms with Crippen LogP contribution in [-0.2, 0) is 9.47 Å². The highest BCUT2D eigenvalue weighted by Crippen LogP contribution is 2.56. The van der Waals surface area contributed by atoms with Crippen molar-refractivity contribution in [3.8, 4) is 0 Å². The van der Waals surface area contributed by atoms with E-state index < -0.39 is 0 Å². The van der Waals surface area contributed by atoms with Crippen molar-refractivity contribution in [1.29, 1.82) is 0 Å². The van der Waals surface area contributed by atoms with Gasteiger partial charge in [-0.3, -0.25) is 0 Å². The Morgan fingerprint density at radius 3 is 2.35 bits per heavy atom. The van der Waals surface area contributed by atoms with E-state index in [1.807, 2.05) is 0 Å². The molecule has 0 spiro atoms. The first-order chi connectivity index (χ1) is 8.27. The number of fused-ring (bicyclic) bond motifs is 5. The zero-order valence-corrected chi connectivity index (χ0v) is 11.0. The second kappa shape index (κ2) is 3.71. The lowest BCUT2D eigenvalue weighted by Crippen LogP contribution is -2.41. The fourth-order valence-corrected chi connectivity index (χ4v) is 5.13. The van der Waals surface area contributed by atoms with Crippen molar-refractivity contribution >= 4 is 0 Å². The molecule has 7 atom stereocenters. The van der Waals surface area contributed by atoms with Crippen molar-refractivity contribution in [3.63, 3.8) is 0 Å². The summed E-state index contributed by atoms with van der Waals surface area (Å²) in [6.07, 6.45) is 7.18. The van der Waals surface area contributed by atoms with E-state index in [1.54, 1.807) is 0 Å². The first-order valence-electron chi connectivity index (χ1n) is 7.54. The van der Waals surface area contributed by atoms with Crippen molar-refractivity contribution in [1.82, 2.24) is 0 Å². The summed E-state index contributed by atoms with van der Waals surface area (Å²) in [5.74, 6) is 3.78. The second-order valence-electron chi connectivity index (χ2n) is 6.87. The average Bonchev–Trinajstić information content (AvgIpc) is 3.02. The number of hydrogen-bond donors (Lipinski definition) is 0. The van der Waals surface area contributed by atoms with Gasteiger partial charge >= 0.3 is 0 Å². The molecule has 1 aliphatic carbocycles. The van der Waals surface area contributed by atoms with Crippen molar-refractivity contribution in [3.05, 3.63) is 0 Å². The van der Waals surface area contributed by atoms with Gasteiger partial charge in [-0.25, -0.2) is 0 Å². The molecule has 0 aromatic rings. The van der Waals surface area contributed by atoms with E-state index in [4.69, 9.17) is 9.47 Å². The molecule has 2 heteroatoms. The fourth-order valence-electron chi connectivity index (χ4n) is 5.13. The zero-order chi connectivity index (χ0) is 11.6. The summed E-state index contributed by atoms with van der Waals surface area (Å²) in [5.41, 5.74) is 0. The second-order valence-corrected chi connectivity index (χ2v) is 6.87. The molecule has 3 saturated heterocycles. The molecule has 0 amide bonds. The van der Waals surface area contributed by atoms with Gasteiger partial charge in [0.05, 0.1) is 24.9 Å². The predicted octanol–water partition coefficient (Wildman–Crippen LogP) is 2.86. The molecule has 2 nitrogen and oxygen atoms in total. The maximum Gasteiger partial charge on any atom is 0.0665 e. The van der Waals surface area contributed by atoms with E-state index in [0.29, 0.717) is 18.3 Å². The van der Waals surface area contributed by atoms with Gasteiger partial charge in [0.2, 0.25) is 0 Å². The highest BCUT2D eigenvalue weighted by atomic mass is 16.5. The highest BCUT2D eigenvalue weighted by molar-refractivity contribution is 5.08. The molecule has 4 rings (SSSR count). The van der Waals surface area contributed by atoms with Crippen molar-refractivity contribution in [2.24, 2.45) is 29.6 Å². The average molecular weight is 236 g/mol. The molecule has 7 unspecified atom stereocenters. The minimum absolute atomic E-state index is 0.506. The molecule has 96 valence electrons. The van der Waals surface area contributed by atoms with Crippen LogP contribution in [0.3, 0.4) is 0 Å². The Labute approximate surface area is 104 Å². The van der Waals surface area contributed by atoms with Crippen molar-refractivity contribution < 1.29 is 9.47 Å². The lowest BCUT2D eigenvalue weighted by Gasteiger charge is -2.33. The van der Waals surface area contributed by atoms with Crippen LogP contribution in [0.4, 0.5) is 0 Å². The van der Waals surface area contributed by atoms with Crippen molar-refractivity contribution in [2.45, 2.75) is 57.8 Å². The summed E-state index contributed by atoms with van der Waals surface area (Å²) in [4.78, 5) is 0. The van der Waals surface area contributed by atoms with Crippen LogP contribution in [0.5, 0.6) is 0 Å². The Balaban J connectivity index is 1.58. The minimum atomic E-state index is 0.506. The normalized spacial score (nSPS) is 57.9.